The molecule has 4 aromatic rings. The number of hydrogen-bond acceptors (Lipinski definition) is 6. The fourth-order valence-corrected chi connectivity index (χ4v) is 4.55. The Morgan fingerprint density at radius 3 is 2.38 bits per heavy atom. The van der Waals surface area contributed by atoms with Crippen LogP contribution >= 0.6 is 0 Å². The normalized spacial score (nSPS) is 14.9. The molecule has 0 aliphatic carbocycles. The van der Waals surface area contributed by atoms with Gasteiger partial charge in [0.15, 0.2) is 0 Å². The smallest absolute Gasteiger partial charge is 0.134 e. The third-order valence-corrected chi connectivity index (χ3v) is 6.84. The Hall–Kier alpha value is -3.61. The Bertz CT molecular complexity index is 1320. The van der Waals surface area contributed by atoms with Crippen molar-refractivity contribution in [1.29, 1.82) is 0 Å². The molecule has 37 heavy (non-hydrogen) atoms. The van der Waals surface area contributed by atoms with Crippen LogP contribution in [0, 0.1) is 6.92 Å². The fraction of sp³-hybridized carbons (Fsp3) is 0.323. The average Bonchev–Trinajstić information content (AvgIpc) is 2.93. The van der Waals surface area contributed by atoms with Crippen LogP contribution in [0.4, 0.5) is 0 Å². The highest BCUT2D eigenvalue weighted by Gasteiger charge is 2.29. The first-order chi connectivity index (χ1) is 18.1. The van der Waals surface area contributed by atoms with Gasteiger partial charge in [-0.1, -0.05) is 48.5 Å². The van der Waals surface area contributed by atoms with E-state index in [2.05, 4.69) is 12.1 Å². The molecule has 0 bridgehead atoms. The first-order valence-electron chi connectivity index (χ1n) is 12.8. The summed E-state index contributed by atoms with van der Waals surface area (Å²) in [5, 5.41) is 11.6. The molecular formula is C31H33NO5. The summed E-state index contributed by atoms with van der Waals surface area (Å²) in [5.41, 5.74) is 3.08. The Labute approximate surface area is 217 Å². The summed E-state index contributed by atoms with van der Waals surface area (Å²) in [6.45, 7) is 4.45. The molecule has 3 aromatic carbocycles. The average molecular weight is 500 g/mol. The summed E-state index contributed by atoms with van der Waals surface area (Å²) < 4.78 is 23.7. The molecule has 0 saturated carbocycles. The maximum Gasteiger partial charge on any atom is 0.134 e. The van der Waals surface area contributed by atoms with Crippen LogP contribution in [0.5, 0.6) is 17.2 Å². The second-order valence-corrected chi connectivity index (χ2v) is 9.50. The van der Waals surface area contributed by atoms with Crippen molar-refractivity contribution in [3.05, 3.63) is 95.7 Å². The summed E-state index contributed by atoms with van der Waals surface area (Å²) in [4.78, 5) is 4.86. The Balaban J connectivity index is 1.26. The second kappa shape index (κ2) is 11.6. The van der Waals surface area contributed by atoms with Crippen molar-refractivity contribution in [2.75, 3.05) is 19.8 Å². The van der Waals surface area contributed by atoms with Crippen molar-refractivity contribution in [2.45, 2.75) is 45.0 Å². The molecule has 1 aliphatic heterocycles. The summed E-state index contributed by atoms with van der Waals surface area (Å²) in [6, 6.07) is 25.7. The predicted octanol–water partition coefficient (Wildman–Crippen LogP) is 6.01. The van der Waals surface area contributed by atoms with Crippen molar-refractivity contribution in [3.8, 4) is 17.2 Å². The largest absolute Gasteiger partial charge is 0.493 e. The lowest BCUT2D eigenvalue weighted by molar-refractivity contribution is -0.0729. The van der Waals surface area contributed by atoms with Crippen LogP contribution in [0.1, 0.15) is 36.1 Å². The van der Waals surface area contributed by atoms with E-state index in [1.807, 2.05) is 73.7 Å². The van der Waals surface area contributed by atoms with Gasteiger partial charge >= 0.3 is 0 Å². The fourth-order valence-electron chi connectivity index (χ4n) is 4.55. The monoisotopic (exact) mass is 499 g/mol. The van der Waals surface area contributed by atoms with E-state index in [1.54, 1.807) is 0 Å². The molecule has 1 fully saturated rings. The highest BCUT2D eigenvalue weighted by atomic mass is 16.5. The first kappa shape index (κ1) is 25.1. The molecule has 1 saturated heterocycles. The van der Waals surface area contributed by atoms with Gasteiger partial charge in [-0.3, -0.25) is 0 Å². The van der Waals surface area contributed by atoms with Crippen molar-refractivity contribution in [1.82, 2.24) is 4.98 Å². The van der Waals surface area contributed by atoms with Crippen LogP contribution in [-0.2, 0) is 18.0 Å². The van der Waals surface area contributed by atoms with Crippen molar-refractivity contribution >= 4 is 10.9 Å². The molecular weight excluding hydrogens is 466 g/mol. The lowest BCUT2D eigenvalue weighted by Gasteiger charge is -2.31. The van der Waals surface area contributed by atoms with Crippen LogP contribution in [-0.4, -0.2) is 35.5 Å². The molecule has 1 N–H and O–H groups in total. The maximum atomic E-state index is 10.6. The minimum absolute atomic E-state index is 0.307. The molecule has 6 nitrogen and oxygen atoms in total. The Morgan fingerprint density at radius 1 is 0.838 bits per heavy atom. The summed E-state index contributed by atoms with van der Waals surface area (Å²) in [5.74, 6) is 2.24. The van der Waals surface area contributed by atoms with Gasteiger partial charge in [0, 0.05) is 36.7 Å². The van der Waals surface area contributed by atoms with Crippen LogP contribution in [0.3, 0.4) is 0 Å². The molecule has 0 spiro atoms. The van der Waals surface area contributed by atoms with Gasteiger partial charge in [0.2, 0.25) is 0 Å². The molecule has 0 atom stereocenters. The number of ether oxygens (including phenoxy) is 4. The zero-order valence-corrected chi connectivity index (χ0v) is 21.2. The van der Waals surface area contributed by atoms with Crippen molar-refractivity contribution < 1.29 is 24.1 Å². The number of hydrogen-bond donors (Lipinski definition) is 1. The summed E-state index contributed by atoms with van der Waals surface area (Å²) in [6.07, 6.45) is 1.87. The van der Waals surface area contributed by atoms with Crippen molar-refractivity contribution in [3.63, 3.8) is 0 Å². The van der Waals surface area contributed by atoms with E-state index < -0.39 is 5.60 Å². The third kappa shape index (κ3) is 6.40. The standard InChI is InChI=1S/C31H33NO5/c1-23-29(32-28-13-6-5-12-27(28)30(23)37-21-24-8-3-2-4-9-24)22-36-26-11-7-10-25(20-26)35-19-16-31(33)14-17-34-18-15-31/h2-13,20,33H,14-19,21-22H2,1H3. The van der Waals surface area contributed by atoms with Gasteiger partial charge in [-0.25, -0.2) is 4.98 Å². The van der Waals surface area contributed by atoms with Crippen LogP contribution < -0.4 is 14.2 Å². The molecule has 0 unspecified atom stereocenters. The van der Waals surface area contributed by atoms with Crippen LogP contribution in [0.2, 0.25) is 0 Å². The van der Waals surface area contributed by atoms with Crippen molar-refractivity contribution in [2.24, 2.45) is 0 Å². The zero-order valence-electron chi connectivity index (χ0n) is 21.2. The van der Waals surface area contributed by atoms with Gasteiger partial charge in [0.05, 0.1) is 23.4 Å². The van der Waals surface area contributed by atoms with E-state index in [-0.39, 0.29) is 0 Å². The Kier molecular flexibility index (Phi) is 7.87. The van der Waals surface area contributed by atoms with E-state index in [0.717, 1.165) is 33.5 Å². The number of benzene rings is 3. The van der Waals surface area contributed by atoms with Gasteiger partial charge in [-0.05, 0) is 49.6 Å². The number of nitrogens with zero attached hydrogens (tertiary/aromatic N) is 1. The van der Waals surface area contributed by atoms with E-state index >= 15 is 0 Å². The number of aliphatic hydroxyl groups is 1. The topological polar surface area (TPSA) is 70.0 Å². The van der Waals surface area contributed by atoms with Gasteiger partial charge in [-0.15, -0.1) is 0 Å². The number of aromatic nitrogens is 1. The molecule has 1 aromatic heterocycles. The minimum Gasteiger partial charge on any atom is -0.493 e. The second-order valence-electron chi connectivity index (χ2n) is 9.50. The first-order valence-corrected chi connectivity index (χ1v) is 12.8. The third-order valence-electron chi connectivity index (χ3n) is 6.84. The Morgan fingerprint density at radius 2 is 1.57 bits per heavy atom. The van der Waals surface area contributed by atoms with Gasteiger partial charge in [-0.2, -0.15) is 0 Å². The van der Waals surface area contributed by atoms with E-state index in [4.69, 9.17) is 23.9 Å². The predicted molar refractivity (Wildman–Crippen MR) is 143 cm³/mol. The van der Waals surface area contributed by atoms with Gasteiger partial charge < -0.3 is 24.1 Å². The van der Waals surface area contributed by atoms with Gasteiger partial charge in [0.1, 0.15) is 30.5 Å². The molecule has 6 heteroatoms. The van der Waals surface area contributed by atoms with Gasteiger partial charge in [0.25, 0.3) is 0 Å². The molecule has 192 valence electrons. The highest BCUT2D eigenvalue weighted by Crippen LogP contribution is 2.32. The molecule has 2 heterocycles. The minimum atomic E-state index is -0.702. The number of pyridine rings is 1. The van der Waals surface area contributed by atoms with E-state index in [1.165, 1.54) is 0 Å². The SMILES string of the molecule is Cc1c(COc2cccc(OCCC3(O)CCOCC3)c2)nc2ccccc2c1OCc1ccccc1. The molecule has 5 rings (SSSR count). The highest BCUT2D eigenvalue weighted by molar-refractivity contribution is 5.86. The number of fused-ring (bicyclic) bond motifs is 1. The molecule has 0 radical (unpaired) electrons. The number of para-hydroxylation sites is 1. The lowest BCUT2D eigenvalue weighted by Crippen LogP contribution is -2.37. The molecule has 0 amide bonds. The summed E-state index contributed by atoms with van der Waals surface area (Å²) >= 11 is 0. The number of rotatable bonds is 10. The summed E-state index contributed by atoms with van der Waals surface area (Å²) in [7, 11) is 0. The lowest BCUT2D eigenvalue weighted by atomic mass is 9.91. The van der Waals surface area contributed by atoms with Crippen LogP contribution in [0.25, 0.3) is 10.9 Å². The van der Waals surface area contributed by atoms with E-state index in [9.17, 15) is 5.11 Å². The van der Waals surface area contributed by atoms with Crippen LogP contribution in [0.15, 0.2) is 78.9 Å². The quantitative estimate of drug-likeness (QED) is 0.288. The van der Waals surface area contributed by atoms with E-state index in [0.29, 0.717) is 63.8 Å². The molecule has 1 aliphatic rings. The zero-order chi connectivity index (χ0) is 25.5. The maximum absolute atomic E-state index is 10.6.